The lowest BCUT2D eigenvalue weighted by molar-refractivity contribution is -0.207. The average molecular weight is 383 g/mol. The van der Waals surface area contributed by atoms with Crippen molar-refractivity contribution in [2.24, 2.45) is 0 Å². The SMILES string of the molecule is CCCOC(C=CCCCCC=O)OC(C=CCCCCC=O)OCCC. The zero-order valence-corrected chi connectivity index (χ0v) is 17.1. The van der Waals surface area contributed by atoms with Crippen LogP contribution in [0.5, 0.6) is 0 Å². The number of carbonyl (C=O) groups excluding carboxylic acids is 2. The third kappa shape index (κ3) is 17.9. The number of rotatable bonds is 20. The monoisotopic (exact) mass is 382 g/mol. The number of carbonyl (C=O) groups is 2. The Morgan fingerprint density at radius 1 is 0.667 bits per heavy atom. The minimum Gasteiger partial charge on any atom is -0.349 e. The lowest BCUT2D eigenvalue weighted by atomic mass is 10.2. The standard InChI is InChI=1S/C22H38O5/c1-3-19-25-21(15-11-7-5-9-13-17-23)27-22(26-20-4-2)16-12-8-6-10-14-18-24/h11-12,15-18,21-22H,3-10,13-14,19-20H2,1-2H3. The van der Waals surface area contributed by atoms with Gasteiger partial charge in [0.2, 0.25) is 0 Å². The Balaban J connectivity index is 4.52. The van der Waals surface area contributed by atoms with E-state index >= 15 is 0 Å². The second kappa shape index (κ2) is 21.0. The van der Waals surface area contributed by atoms with Gasteiger partial charge in [-0.25, -0.2) is 0 Å². The van der Waals surface area contributed by atoms with E-state index in [9.17, 15) is 9.59 Å². The molecule has 0 aromatic heterocycles. The van der Waals surface area contributed by atoms with E-state index in [1.165, 1.54) is 0 Å². The summed E-state index contributed by atoms with van der Waals surface area (Å²) in [5.41, 5.74) is 0. The lowest BCUT2D eigenvalue weighted by Crippen LogP contribution is -2.25. The molecule has 27 heavy (non-hydrogen) atoms. The molecule has 0 rings (SSSR count). The maximum absolute atomic E-state index is 10.3. The second-order valence-electron chi connectivity index (χ2n) is 6.37. The first kappa shape index (κ1) is 25.7. The summed E-state index contributed by atoms with van der Waals surface area (Å²) in [6.45, 7) is 5.36. The van der Waals surface area contributed by atoms with Gasteiger partial charge >= 0.3 is 0 Å². The van der Waals surface area contributed by atoms with Crippen LogP contribution in [0.1, 0.15) is 78.1 Å². The zero-order valence-electron chi connectivity index (χ0n) is 17.1. The summed E-state index contributed by atoms with van der Waals surface area (Å²) in [6.07, 6.45) is 17.6. The highest BCUT2D eigenvalue weighted by Crippen LogP contribution is 2.10. The Bertz CT molecular complexity index is 356. The van der Waals surface area contributed by atoms with Crippen molar-refractivity contribution < 1.29 is 23.8 Å². The van der Waals surface area contributed by atoms with E-state index in [2.05, 4.69) is 13.8 Å². The topological polar surface area (TPSA) is 61.8 Å². The molecule has 0 aliphatic rings. The molecule has 0 aliphatic heterocycles. The van der Waals surface area contributed by atoms with Gasteiger partial charge in [-0.1, -0.05) is 26.0 Å². The van der Waals surface area contributed by atoms with Crippen molar-refractivity contribution in [1.82, 2.24) is 0 Å². The summed E-state index contributed by atoms with van der Waals surface area (Å²) in [4.78, 5) is 20.7. The Hall–Kier alpha value is -1.30. The lowest BCUT2D eigenvalue weighted by Gasteiger charge is -2.21. The van der Waals surface area contributed by atoms with Crippen LogP contribution in [0.4, 0.5) is 0 Å². The van der Waals surface area contributed by atoms with Crippen LogP contribution in [0.2, 0.25) is 0 Å². The van der Waals surface area contributed by atoms with Crippen LogP contribution in [0, 0.1) is 0 Å². The van der Waals surface area contributed by atoms with E-state index < -0.39 is 12.6 Å². The Labute approximate surface area is 165 Å². The molecule has 2 unspecified atom stereocenters. The van der Waals surface area contributed by atoms with E-state index in [4.69, 9.17) is 14.2 Å². The van der Waals surface area contributed by atoms with Gasteiger partial charge in [0.25, 0.3) is 0 Å². The maximum Gasteiger partial charge on any atom is 0.180 e. The molecule has 0 amide bonds. The number of hydrogen-bond donors (Lipinski definition) is 0. The predicted molar refractivity (Wildman–Crippen MR) is 108 cm³/mol. The molecule has 156 valence electrons. The second-order valence-corrected chi connectivity index (χ2v) is 6.37. The summed E-state index contributed by atoms with van der Waals surface area (Å²) in [7, 11) is 0. The maximum atomic E-state index is 10.3. The number of allylic oxidation sites excluding steroid dienone is 2. The first-order valence-corrected chi connectivity index (χ1v) is 10.4. The first-order valence-electron chi connectivity index (χ1n) is 10.4. The van der Waals surface area contributed by atoms with Crippen molar-refractivity contribution in [2.75, 3.05) is 13.2 Å². The average Bonchev–Trinajstić information content (AvgIpc) is 2.68. The van der Waals surface area contributed by atoms with E-state index in [0.29, 0.717) is 26.1 Å². The molecule has 0 aromatic rings. The van der Waals surface area contributed by atoms with Crippen molar-refractivity contribution in [3.63, 3.8) is 0 Å². The van der Waals surface area contributed by atoms with E-state index in [0.717, 1.165) is 63.9 Å². The Morgan fingerprint density at radius 3 is 1.44 bits per heavy atom. The van der Waals surface area contributed by atoms with Crippen LogP contribution in [0.15, 0.2) is 24.3 Å². The molecule has 0 heterocycles. The molecule has 0 aromatic carbocycles. The molecule has 0 bridgehead atoms. The van der Waals surface area contributed by atoms with Gasteiger partial charge in [0.15, 0.2) is 12.6 Å². The zero-order chi connectivity index (χ0) is 20.0. The Kier molecular flexibility index (Phi) is 20.0. The minimum atomic E-state index is -0.447. The number of unbranched alkanes of at least 4 members (excludes halogenated alkanes) is 6. The van der Waals surface area contributed by atoms with Crippen LogP contribution in [0.25, 0.3) is 0 Å². The number of ether oxygens (including phenoxy) is 3. The van der Waals surface area contributed by atoms with Gasteiger partial charge in [0.1, 0.15) is 12.6 Å². The minimum absolute atomic E-state index is 0.447. The van der Waals surface area contributed by atoms with Gasteiger partial charge < -0.3 is 23.8 Å². The van der Waals surface area contributed by atoms with Crippen LogP contribution < -0.4 is 0 Å². The van der Waals surface area contributed by atoms with Gasteiger partial charge in [-0.3, -0.25) is 0 Å². The number of hydrogen-bond acceptors (Lipinski definition) is 5. The Morgan fingerprint density at radius 2 is 1.07 bits per heavy atom. The fraction of sp³-hybridized carbons (Fsp3) is 0.727. The van der Waals surface area contributed by atoms with Crippen molar-refractivity contribution in [1.29, 1.82) is 0 Å². The number of aldehydes is 2. The first-order chi connectivity index (χ1) is 13.3. The molecule has 2 atom stereocenters. The van der Waals surface area contributed by atoms with Crippen LogP contribution in [-0.2, 0) is 23.8 Å². The molecule has 5 heteroatoms. The van der Waals surface area contributed by atoms with Crippen molar-refractivity contribution in [3.8, 4) is 0 Å². The molecular formula is C22H38O5. The van der Waals surface area contributed by atoms with E-state index in [1.807, 2.05) is 24.3 Å². The van der Waals surface area contributed by atoms with Gasteiger partial charge in [0.05, 0.1) is 0 Å². The molecule has 0 fully saturated rings. The van der Waals surface area contributed by atoms with Gasteiger partial charge in [-0.2, -0.15) is 0 Å². The normalized spacial score (nSPS) is 14.0. The molecule has 0 radical (unpaired) electrons. The highest BCUT2D eigenvalue weighted by Gasteiger charge is 2.12. The van der Waals surface area contributed by atoms with Crippen molar-refractivity contribution in [3.05, 3.63) is 24.3 Å². The highest BCUT2D eigenvalue weighted by molar-refractivity contribution is 5.49. The molecule has 0 N–H and O–H groups in total. The molecule has 0 aliphatic carbocycles. The van der Waals surface area contributed by atoms with Crippen molar-refractivity contribution in [2.45, 2.75) is 90.6 Å². The molecular weight excluding hydrogens is 344 g/mol. The van der Waals surface area contributed by atoms with Gasteiger partial charge in [0, 0.05) is 26.1 Å². The summed E-state index contributed by atoms with van der Waals surface area (Å²) in [6, 6.07) is 0. The third-order valence-electron chi connectivity index (χ3n) is 3.71. The van der Waals surface area contributed by atoms with Crippen molar-refractivity contribution >= 4 is 12.6 Å². The van der Waals surface area contributed by atoms with Crippen LogP contribution in [0.3, 0.4) is 0 Å². The predicted octanol–water partition coefficient (Wildman–Crippen LogP) is 5.14. The largest absolute Gasteiger partial charge is 0.349 e. The highest BCUT2D eigenvalue weighted by atomic mass is 16.8. The molecule has 0 spiro atoms. The van der Waals surface area contributed by atoms with E-state index in [1.54, 1.807) is 0 Å². The van der Waals surface area contributed by atoms with Gasteiger partial charge in [-0.15, -0.1) is 0 Å². The quantitative estimate of drug-likeness (QED) is 0.126. The summed E-state index contributed by atoms with van der Waals surface area (Å²) >= 11 is 0. The fourth-order valence-corrected chi connectivity index (χ4v) is 2.27. The molecule has 5 nitrogen and oxygen atoms in total. The third-order valence-corrected chi connectivity index (χ3v) is 3.71. The smallest absolute Gasteiger partial charge is 0.180 e. The summed E-state index contributed by atoms with van der Waals surface area (Å²) in [5, 5.41) is 0. The van der Waals surface area contributed by atoms with Crippen LogP contribution in [-0.4, -0.2) is 38.4 Å². The summed E-state index contributed by atoms with van der Waals surface area (Å²) in [5.74, 6) is 0. The summed E-state index contributed by atoms with van der Waals surface area (Å²) < 4.78 is 17.5. The van der Waals surface area contributed by atoms with Gasteiger partial charge in [-0.05, 0) is 63.5 Å². The molecule has 0 saturated carbocycles. The van der Waals surface area contributed by atoms with Crippen LogP contribution >= 0.6 is 0 Å². The molecule has 0 saturated heterocycles. The fourth-order valence-electron chi connectivity index (χ4n) is 2.27. The van der Waals surface area contributed by atoms with E-state index in [-0.39, 0.29) is 0 Å².